The number of ketones is 1. The van der Waals surface area contributed by atoms with Gasteiger partial charge in [0, 0.05) is 11.6 Å². The van der Waals surface area contributed by atoms with Crippen molar-refractivity contribution in [3.05, 3.63) is 59.5 Å². The molecule has 0 bridgehead atoms. The molecule has 4 rings (SSSR count). The van der Waals surface area contributed by atoms with Crippen LogP contribution < -0.4 is 14.2 Å². The Labute approximate surface area is 138 Å². The molecule has 1 aromatic heterocycles. The Morgan fingerprint density at radius 2 is 1.92 bits per heavy atom. The number of ether oxygens (including phenoxy) is 3. The van der Waals surface area contributed by atoms with Crippen LogP contribution in [0.5, 0.6) is 17.2 Å². The van der Waals surface area contributed by atoms with Crippen LogP contribution in [-0.2, 0) is 0 Å². The van der Waals surface area contributed by atoms with E-state index < -0.39 is 0 Å². The highest BCUT2D eigenvalue weighted by Crippen LogP contribution is 2.43. The summed E-state index contributed by atoms with van der Waals surface area (Å²) in [6.07, 6.45) is 3.22. The van der Waals surface area contributed by atoms with E-state index in [1.807, 2.05) is 24.3 Å². The lowest BCUT2D eigenvalue weighted by atomic mass is 10.1. The number of hydrogen-bond donors (Lipinski definition) is 0. The minimum atomic E-state index is -0.226. The van der Waals surface area contributed by atoms with E-state index >= 15 is 0 Å². The van der Waals surface area contributed by atoms with Crippen molar-refractivity contribution in [3.8, 4) is 17.2 Å². The molecule has 0 atom stereocenters. The first-order chi connectivity index (χ1) is 11.7. The number of carbonyl (C=O) groups is 1. The normalized spacial score (nSPS) is 14.8. The lowest BCUT2D eigenvalue weighted by Crippen LogP contribution is -2.00. The minimum Gasteiger partial charge on any atom is -0.496 e. The molecule has 0 fully saturated rings. The van der Waals surface area contributed by atoms with Crippen molar-refractivity contribution in [3.63, 3.8) is 0 Å². The number of benzene rings is 2. The fourth-order valence-electron chi connectivity index (χ4n) is 2.88. The van der Waals surface area contributed by atoms with Gasteiger partial charge in [-0.15, -0.1) is 0 Å². The Kier molecular flexibility index (Phi) is 3.27. The number of carbonyl (C=O) groups excluding carboxylic acids is 1. The zero-order chi connectivity index (χ0) is 16.7. The molecular formula is C19H14O5. The molecule has 0 unspecified atom stereocenters. The Morgan fingerprint density at radius 1 is 1.08 bits per heavy atom. The van der Waals surface area contributed by atoms with Crippen LogP contribution in [0.25, 0.3) is 17.0 Å². The summed E-state index contributed by atoms with van der Waals surface area (Å²) in [5.74, 6) is 1.56. The molecule has 0 radical (unpaired) electrons. The van der Waals surface area contributed by atoms with Gasteiger partial charge in [-0.1, -0.05) is 18.2 Å². The van der Waals surface area contributed by atoms with Crippen LogP contribution in [0.3, 0.4) is 0 Å². The van der Waals surface area contributed by atoms with Gasteiger partial charge in [-0.3, -0.25) is 4.79 Å². The number of rotatable bonds is 3. The quantitative estimate of drug-likeness (QED) is 0.680. The van der Waals surface area contributed by atoms with E-state index in [0.717, 1.165) is 10.9 Å². The molecule has 0 spiro atoms. The topological polar surface area (TPSA) is 57.9 Å². The van der Waals surface area contributed by atoms with Crippen molar-refractivity contribution >= 4 is 22.8 Å². The second-order valence-corrected chi connectivity index (χ2v) is 5.30. The Hall–Kier alpha value is -3.21. The van der Waals surface area contributed by atoms with E-state index in [9.17, 15) is 4.79 Å². The monoisotopic (exact) mass is 322 g/mol. The van der Waals surface area contributed by atoms with Crippen molar-refractivity contribution < 1.29 is 23.4 Å². The number of furan rings is 1. The fourth-order valence-corrected chi connectivity index (χ4v) is 2.88. The third-order valence-corrected chi connectivity index (χ3v) is 3.98. The maximum atomic E-state index is 12.8. The molecule has 2 aromatic carbocycles. The first-order valence-corrected chi connectivity index (χ1v) is 7.38. The van der Waals surface area contributed by atoms with Gasteiger partial charge in [0.2, 0.25) is 5.78 Å². The summed E-state index contributed by atoms with van der Waals surface area (Å²) in [6.45, 7) is 0. The highest BCUT2D eigenvalue weighted by atomic mass is 16.5. The van der Waals surface area contributed by atoms with Gasteiger partial charge >= 0.3 is 0 Å². The summed E-state index contributed by atoms with van der Waals surface area (Å²) < 4.78 is 21.9. The van der Waals surface area contributed by atoms with Gasteiger partial charge in [0.05, 0.1) is 25.9 Å². The molecular weight excluding hydrogens is 308 g/mol. The van der Waals surface area contributed by atoms with E-state index in [1.165, 1.54) is 7.11 Å². The molecule has 5 nitrogen and oxygen atoms in total. The van der Waals surface area contributed by atoms with E-state index in [-0.39, 0.29) is 11.5 Å². The maximum absolute atomic E-state index is 12.8. The van der Waals surface area contributed by atoms with Gasteiger partial charge in [0.15, 0.2) is 5.76 Å². The first-order valence-electron chi connectivity index (χ1n) is 7.38. The lowest BCUT2D eigenvalue weighted by Gasteiger charge is -2.05. The second-order valence-electron chi connectivity index (χ2n) is 5.30. The second kappa shape index (κ2) is 5.45. The van der Waals surface area contributed by atoms with Crippen LogP contribution in [0.4, 0.5) is 0 Å². The predicted molar refractivity (Wildman–Crippen MR) is 88.7 cm³/mol. The van der Waals surface area contributed by atoms with Crippen LogP contribution in [-0.4, -0.2) is 20.0 Å². The van der Waals surface area contributed by atoms with Gasteiger partial charge < -0.3 is 18.6 Å². The summed E-state index contributed by atoms with van der Waals surface area (Å²) >= 11 is 0. The third kappa shape index (κ3) is 2.06. The maximum Gasteiger partial charge on any atom is 0.235 e. The first kappa shape index (κ1) is 14.4. The van der Waals surface area contributed by atoms with E-state index in [4.69, 9.17) is 18.6 Å². The van der Waals surface area contributed by atoms with E-state index in [0.29, 0.717) is 28.4 Å². The Bertz CT molecular complexity index is 981. The Balaban J connectivity index is 1.85. The summed E-state index contributed by atoms with van der Waals surface area (Å²) in [5.41, 5.74) is 1.78. The van der Waals surface area contributed by atoms with Crippen molar-refractivity contribution in [1.82, 2.24) is 0 Å². The lowest BCUT2D eigenvalue weighted by molar-refractivity contribution is 0.101. The molecule has 0 aliphatic carbocycles. The molecule has 24 heavy (non-hydrogen) atoms. The molecule has 120 valence electrons. The number of fused-ring (bicyclic) bond motifs is 2. The molecule has 0 saturated heterocycles. The molecule has 2 heterocycles. The zero-order valence-corrected chi connectivity index (χ0v) is 13.2. The van der Waals surface area contributed by atoms with Crippen LogP contribution in [0.1, 0.15) is 15.9 Å². The molecule has 0 saturated carbocycles. The molecule has 5 heteroatoms. The summed E-state index contributed by atoms with van der Waals surface area (Å²) in [7, 11) is 3.11. The summed E-state index contributed by atoms with van der Waals surface area (Å²) in [6, 6.07) is 10.9. The van der Waals surface area contributed by atoms with E-state index in [1.54, 1.807) is 31.6 Å². The number of methoxy groups -OCH3 is 2. The highest BCUT2D eigenvalue weighted by Gasteiger charge is 2.33. The standard InChI is InChI=1S/C19H14O5/c1-21-13-6-4-3-5-11(13)9-16-18(20)17-15(24-16)10-14-12(7-8-23-14)19(17)22-2/h3-10H,1-2H3/b16-9-. The van der Waals surface area contributed by atoms with Gasteiger partial charge in [0.25, 0.3) is 0 Å². The number of Topliss-reactive ketones (excluding diaryl/α,β-unsaturated/α-hetero) is 1. The fraction of sp³-hybridized carbons (Fsp3) is 0.105. The summed E-state index contributed by atoms with van der Waals surface area (Å²) in [4.78, 5) is 12.8. The smallest absolute Gasteiger partial charge is 0.235 e. The van der Waals surface area contributed by atoms with Crippen molar-refractivity contribution in [2.24, 2.45) is 0 Å². The zero-order valence-electron chi connectivity index (χ0n) is 13.2. The number of hydrogen-bond acceptors (Lipinski definition) is 5. The average Bonchev–Trinajstić information content (AvgIpc) is 3.18. The van der Waals surface area contributed by atoms with Crippen molar-refractivity contribution in [1.29, 1.82) is 0 Å². The van der Waals surface area contributed by atoms with Gasteiger partial charge in [-0.2, -0.15) is 0 Å². The summed E-state index contributed by atoms with van der Waals surface area (Å²) in [5, 5.41) is 0.742. The van der Waals surface area contributed by atoms with Crippen LogP contribution in [0.2, 0.25) is 0 Å². The molecule has 0 N–H and O–H groups in total. The Morgan fingerprint density at radius 3 is 2.71 bits per heavy atom. The van der Waals surface area contributed by atoms with Crippen LogP contribution in [0, 0.1) is 0 Å². The molecule has 3 aromatic rings. The van der Waals surface area contributed by atoms with Crippen LogP contribution in [0.15, 0.2) is 52.8 Å². The molecule has 1 aliphatic rings. The van der Waals surface area contributed by atoms with Gasteiger partial charge in [-0.25, -0.2) is 0 Å². The third-order valence-electron chi connectivity index (χ3n) is 3.98. The van der Waals surface area contributed by atoms with Gasteiger partial charge in [0.1, 0.15) is 28.4 Å². The molecule has 1 aliphatic heterocycles. The van der Waals surface area contributed by atoms with Gasteiger partial charge in [-0.05, 0) is 18.2 Å². The largest absolute Gasteiger partial charge is 0.496 e. The number of para-hydroxylation sites is 1. The van der Waals surface area contributed by atoms with E-state index in [2.05, 4.69) is 0 Å². The molecule has 0 amide bonds. The predicted octanol–water partition coefficient (Wildman–Crippen LogP) is 4.07. The average molecular weight is 322 g/mol. The highest BCUT2D eigenvalue weighted by molar-refractivity contribution is 6.18. The van der Waals surface area contributed by atoms with Crippen LogP contribution >= 0.6 is 0 Å². The van der Waals surface area contributed by atoms with Crippen molar-refractivity contribution in [2.45, 2.75) is 0 Å². The van der Waals surface area contributed by atoms with Crippen molar-refractivity contribution in [2.75, 3.05) is 14.2 Å². The minimum absolute atomic E-state index is 0.223. The number of allylic oxidation sites excluding steroid dienone is 1. The SMILES string of the molecule is COc1ccccc1/C=C1\Oc2cc3occc3c(OC)c2C1=O.